The molecule has 0 aliphatic carbocycles. The van der Waals surface area contributed by atoms with Crippen molar-refractivity contribution in [2.75, 3.05) is 0 Å². The van der Waals surface area contributed by atoms with E-state index in [0.717, 1.165) is 5.56 Å². The maximum absolute atomic E-state index is 13.0. The van der Waals surface area contributed by atoms with Crippen LogP contribution < -0.4 is 0 Å². The number of H-pyrrole nitrogens is 1. The monoisotopic (exact) mass is 223 g/mol. The van der Waals surface area contributed by atoms with Crippen LogP contribution in [0.2, 0.25) is 0 Å². The summed E-state index contributed by atoms with van der Waals surface area (Å²) < 4.78 is 15.3. The predicted molar refractivity (Wildman–Crippen MR) is 57.6 cm³/mol. The number of aromatic amines is 1. The van der Waals surface area contributed by atoms with Crippen molar-refractivity contribution in [1.82, 2.24) is 14.8 Å². The zero-order valence-corrected chi connectivity index (χ0v) is 8.96. The van der Waals surface area contributed by atoms with Crippen molar-refractivity contribution in [3.8, 4) is 0 Å². The molecule has 5 heteroatoms. The highest BCUT2D eigenvalue weighted by Gasteiger charge is 2.08. The maximum Gasteiger partial charge on any atom is 0.195 e. The molecule has 2 aromatic rings. The van der Waals surface area contributed by atoms with Gasteiger partial charge in [0.25, 0.3) is 0 Å². The lowest BCUT2D eigenvalue weighted by molar-refractivity contribution is 0.600. The Bertz CT molecular complexity index is 517. The summed E-state index contributed by atoms with van der Waals surface area (Å²) in [5, 5.41) is 6.50. The van der Waals surface area contributed by atoms with Crippen LogP contribution in [0.15, 0.2) is 30.6 Å². The number of nitrogens with zero attached hydrogens (tertiary/aromatic N) is 2. The van der Waals surface area contributed by atoms with Crippen LogP contribution in [0.4, 0.5) is 4.39 Å². The van der Waals surface area contributed by atoms with Crippen LogP contribution in [0.3, 0.4) is 0 Å². The lowest BCUT2D eigenvalue weighted by Gasteiger charge is -2.12. The van der Waals surface area contributed by atoms with Crippen molar-refractivity contribution < 1.29 is 4.39 Å². The van der Waals surface area contributed by atoms with E-state index in [1.165, 1.54) is 12.1 Å². The van der Waals surface area contributed by atoms with Crippen LogP contribution in [0.25, 0.3) is 0 Å². The third kappa shape index (κ3) is 1.97. The molecule has 1 unspecified atom stereocenters. The fourth-order valence-electron chi connectivity index (χ4n) is 1.46. The topological polar surface area (TPSA) is 33.6 Å². The molecule has 1 N–H and O–H groups in total. The summed E-state index contributed by atoms with van der Waals surface area (Å²) in [5.74, 6) is -0.241. The summed E-state index contributed by atoms with van der Waals surface area (Å²) >= 11 is 5.05. The lowest BCUT2D eigenvalue weighted by atomic mass is 10.1. The van der Waals surface area contributed by atoms with Gasteiger partial charge in [0.05, 0.1) is 6.04 Å². The van der Waals surface area contributed by atoms with Gasteiger partial charge in [0.15, 0.2) is 4.77 Å². The van der Waals surface area contributed by atoms with Gasteiger partial charge in [-0.1, -0.05) is 12.1 Å². The summed E-state index contributed by atoms with van der Waals surface area (Å²) in [7, 11) is 0. The van der Waals surface area contributed by atoms with Crippen LogP contribution in [-0.2, 0) is 0 Å². The summed E-state index contributed by atoms with van der Waals surface area (Å²) in [4.78, 5) is 0. The minimum absolute atomic E-state index is 0.0213. The Morgan fingerprint density at radius 2 is 2.33 bits per heavy atom. The summed E-state index contributed by atoms with van der Waals surface area (Å²) in [6.07, 6.45) is 1.61. The smallest absolute Gasteiger partial charge is 0.195 e. The molecular weight excluding hydrogens is 213 g/mol. The number of benzene rings is 1. The Morgan fingerprint density at radius 3 is 2.93 bits per heavy atom. The van der Waals surface area contributed by atoms with Gasteiger partial charge in [-0.15, -0.1) is 0 Å². The second-order valence-electron chi connectivity index (χ2n) is 3.30. The van der Waals surface area contributed by atoms with Crippen molar-refractivity contribution in [2.24, 2.45) is 0 Å². The average molecular weight is 223 g/mol. The van der Waals surface area contributed by atoms with Crippen molar-refractivity contribution in [2.45, 2.75) is 13.0 Å². The first-order valence-electron chi connectivity index (χ1n) is 4.55. The quantitative estimate of drug-likeness (QED) is 0.794. The van der Waals surface area contributed by atoms with E-state index < -0.39 is 0 Å². The van der Waals surface area contributed by atoms with Gasteiger partial charge in [0.1, 0.15) is 12.1 Å². The van der Waals surface area contributed by atoms with Crippen LogP contribution in [0.1, 0.15) is 18.5 Å². The fraction of sp³-hybridized carbons (Fsp3) is 0.200. The average Bonchev–Trinajstić information content (AvgIpc) is 2.63. The van der Waals surface area contributed by atoms with Gasteiger partial charge in [-0.2, -0.15) is 5.10 Å². The molecule has 15 heavy (non-hydrogen) atoms. The van der Waals surface area contributed by atoms with E-state index >= 15 is 0 Å². The zero-order chi connectivity index (χ0) is 10.8. The standard InChI is InChI=1S/C10H10FN3S/c1-7(14-6-12-13-10(14)15)8-3-2-4-9(11)5-8/h2-7H,1H3,(H,13,15). The molecule has 0 saturated carbocycles. The number of hydrogen-bond donors (Lipinski definition) is 1. The Morgan fingerprint density at radius 1 is 1.53 bits per heavy atom. The molecule has 1 atom stereocenters. The maximum atomic E-state index is 13.0. The van der Waals surface area contributed by atoms with Gasteiger partial charge in [-0.25, -0.2) is 4.39 Å². The van der Waals surface area contributed by atoms with Crippen molar-refractivity contribution in [3.63, 3.8) is 0 Å². The molecule has 0 saturated heterocycles. The molecular formula is C10H10FN3S. The number of rotatable bonds is 2. The first-order chi connectivity index (χ1) is 7.18. The number of halogens is 1. The van der Waals surface area contributed by atoms with E-state index in [-0.39, 0.29) is 11.9 Å². The normalized spacial score (nSPS) is 12.7. The second-order valence-corrected chi connectivity index (χ2v) is 3.69. The second kappa shape index (κ2) is 3.94. The summed E-state index contributed by atoms with van der Waals surface area (Å²) in [6, 6.07) is 6.45. The number of aromatic nitrogens is 3. The number of hydrogen-bond acceptors (Lipinski definition) is 2. The van der Waals surface area contributed by atoms with E-state index in [1.54, 1.807) is 17.0 Å². The van der Waals surface area contributed by atoms with Gasteiger partial charge < -0.3 is 0 Å². The van der Waals surface area contributed by atoms with Gasteiger partial charge in [0, 0.05) is 0 Å². The van der Waals surface area contributed by atoms with Crippen molar-refractivity contribution >= 4 is 12.2 Å². The van der Waals surface area contributed by atoms with Crippen molar-refractivity contribution in [1.29, 1.82) is 0 Å². The van der Waals surface area contributed by atoms with Crippen LogP contribution >= 0.6 is 12.2 Å². The Labute approximate surface area is 91.6 Å². The van der Waals surface area contributed by atoms with E-state index in [1.807, 2.05) is 13.0 Å². The molecule has 1 aromatic heterocycles. The van der Waals surface area contributed by atoms with Crippen LogP contribution in [0.5, 0.6) is 0 Å². The van der Waals surface area contributed by atoms with E-state index in [9.17, 15) is 4.39 Å². The molecule has 78 valence electrons. The number of nitrogens with one attached hydrogen (secondary N) is 1. The molecule has 0 aliphatic heterocycles. The highest BCUT2D eigenvalue weighted by atomic mass is 32.1. The molecule has 3 nitrogen and oxygen atoms in total. The summed E-state index contributed by atoms with van der Waals surface area (Å²) in [6.45, 7) is 1.94. The first-order valence-corrected chi connectivity index (χ1v) is 4.96. The minimum atomic E-state index is -0.241. The fourth-order valence-corrected chi connectivity index (χ4v) is 1.72. The van der Waals surface area contributed by atoms with Crippen molar-refractivity contribution in [3.05, 3.63) is 46.7 Å². The molecule has 0 spiro atoms. The SMILES string of the molecule is CC(c1cccc(F)c1)n1cn[nH]c1=S. The van der Waals surface area contributed by atoms with E-state index in [2.05, 4.69) is 10.2 Å². The van der Waals surface area contributed by atoms with Gasteiger partial charge in [-0.05, 0) is 36.8 Å². The van der Waals surface area contributed by atoms with Gasteiger partial charge in [0.2, 0.25) is 0 Å². The molecule has 0 radical (unpaired) electrons. The van der Waals surface area contributed by atoms with Crippen LogP contribution in [0, 0.1) is 10.6 Å². The Kier molecular flexibility index (Phi) is 2.64. The molecule has 0 fully saturated rings. The third-order valence-electron chi connectivity index (χ3n) is 2.33. The summed E-state index contributed by atoms with van der Waals surface area (Å²) in [5.41, 5.74) is 0.868. The van der Waals surface area contributed by atoms with Gasteiger partial charge >= 0.3 is 0 Å². The van der Waals surface area contributed by atoms with Gasteiger partial charge in [-0.3, -0.25) is 9.67 Å². The largest absolute Gasteiger partial charge is 0.299 e. The van der Waals surface area contributed by atoms with E-state index in [0.29, 0.717) is 4.77 Å². The molecule has 1 aromatic carbocycles. The minimum Gasteiger partial charge on any atom is -0.299 e. The molecule has 0 bridgehead atoms. The zero-order valence-electron chi connectivity index (χ0n) is 8.14. The first kappa shape index (κ1) is 10.0. The van der Waals surface area contributed by atoms with E-state index in [4.69, 9.17) is 12.2 Å². The molecule has 1 heterocycles. The molecule has 2 rings (SSSR count). The molecule has 0 amide bonds. The lowest BCUT2D eigenvalue weighted by Crippen LogP contribution is -2.05. The molecule has 0 aliphatic rings. The Hall–Kier alpha value is -1.49. The Balaban J connectivity index is 2.41. The predicted octanol–water partition coefficient (Wildman–Crippen LogP) is 2.69. The highest BCUT2D eigenvalue weighted by molar-refractivity contribution is 7.71. The highest BCUT2D eigenvalue weighted by Crippen LogP contribution is 2.18. The third-order valence-corrected chi connectivity index (χ3v) is 2.63. The van der Waals surface area contributed by atoms with Crippen LogP contribution in [-0.4, -0.2) is 14.8 Å².